The lowest BCUT2D eigenvalue weighted by molar-refractivity contribution is 0.0233. The summed E-state index contributed by atoms with van der Waals surface area (Å²) in [6.07, 6.45) is 2.88. The van der Waals surface area contributed by atoms with Crippen LogP contribution >= 0.6 is 0 Å². The highest BCUT2D eigenvalue weighted by Crippen LogP contribution is 2.25. The quantitative estimate of drug-likeness (QED) is 0.885. The molecule has 1 fully saturated rings. The number of aryl methyl sites for hydroxylation is 1. The van der Waals surface area contributed by atoms with E-state index >= 15 is 0 Å². The Morgan fingerprint density at radius 1 is 1.26 bits per heavy atom. The fourth-order valence-corrected chi connectivity index (χ4v) is 2.10. The third kappa shape index (κ3) is 3.56. The molecule has 0 aliphatic carbocycles. The highest BCUT2D eigenvalue weighted by molar-refractivity contribution is 5.48. The molecule has 0 spiro atoms. The van der Waals surface area contributed by atoms with Gasteiger partial charge in [-0.1, -0.05) is 6.92 Å². The Hall–Kier alpha value is -1.36. The summed E-state index contributed by atoms with van der Waals surface area (Å²) in [5.74, 6) is 2.43. The summed E-state index contributed by atoms with van der Waals surface area (Å²) >= 11 is 0. The van der Waals surface area contributed by atoms with E-state index in [9.17, 15) is 0 Å². The van der Waals surface area contributed by atoms with Crippen LogP contribution in [0.25, 0.3) is 0 Å². The zero-order valence-electron chi connectivity index (χ0n) is 12.0. The van der Waals surface area contributed by atoms with Crippen LogP contribution in [-0.4, -0.2) is 35.8 Å². The van der Waals surface area contributed by atoms with Crippen LogP contribution in [0.3, 0.4) is 0 Å². The number of hydrogen-bond acceptors (Lipinski definition) is 5. The number of hydrogen-bond donors (Lipinski definition) is 1. The Bertz CT molecular complexity index is 417. The van der Waals surface area contributed by atoms with E-state index in [-0.39, 0.29) is 6.10 Å². The van der Waals surface area contributed by atoms with Crippen LogP contribution < -0.4 is 10.1 Å². The van der Waals surface area contributed by atoms with Gasteiger partial charge < -0.3 is 14.8 Å². The number of rotatable bonds is 5. The first kappa shape index (κ1) is 14.1. The van der Waals surface area contributed by atoms with Gasteiger partial charge in [-0.15, -0.1) is 0 Å². The second kappa shape index (κ2) is 6.70. The van der Waals surface area contributed by atoms with E-state index in [1.807, 2.05) is 6.92 Å². The minimum absolute atomic E-state index is 0.210. The van der Waals surface area contributed by atoms with Crippen molar-refractivity contribution in [3.05, 3.63) is 11.4 Å². The van der Waals surface area contributed by atoms with Gasteiger partial charge in [0.15, 0.2) is 0 Å². The summed E-state index contributed by atoms with van der Waals surface area (Å²) in [7, 11) is 0. The summed E-state index contributed by atoms with van der Waals surface area (Å²) in [4.78, 5) is 9.02. The van der Waals surface area contributed by atoms with Crippen LogP contribution in [0.1, 0.15) is 38.1 Å². The third-order valence-electron chi connectivity index (χ3n) is 3.25. The molecule has 1 saturated heterocycles. The molecule has 1 aliphatic rings. The topological polar surface area (TPSA) is 56.3 Å². The minimum atomic E-state index is 0.210. The Morgan fingerprint density at radius 2 is 2.00 bits per heavy atom. The molecule has 0 saturated carbocycles. The van der Waals surface area contributed by atoms with Gasteiger partial charge in [-0.05, 0) is 13.8 Å². The SMILES string of the molecule is CCNc1nc(CC)nc(OC2CCOCC2)c1C. The summed E-state index contributed by atoms with van der Waals surface area (Å²) in [6.45, 7) is 8.51. The van der Waals surface area contributed by atoms with Crippen LogP contribution in [-0.2, 0) is 11.2 Å². The molecule has 1 N–H and O–H groups in total. The van der Waals surface area contributed by atoms with Gasteiger partial charge >= 0.3 is 0 Å². The molecule has 0 radical (unpaired) electrons. The lowest BCUT2D eigenvalue weighted by Crippen LogP contribution is -2.27. The lowest BCUT2D eigenvalue weighted by atomic mass is 10.1. The molecule has 2 rings (SSSR count). The Morgan fingerprint density at radius 3 is 2.63 bits per heavy atom. The molecule has 2 heterocycles. The molecule has 0 amide bonds. The molecule has 5 nitrogen and oxygen atoms in total. The van der Waals surface area contributed by atoms with Crippen LogP contribution in [0.5, 0.6) is 5.88 Å². The molecule has 0 unspecified atom stereocenters. The van der Waals surface area contributed by atoms with E-state index in [0.29, 0.717) is 0 Å². The van der Waals surface area contributed by atoms with Crippen molar-refractivity contribution in [2.75, 3.05) is 25.1 Å². The lowest BCUT2D eigenvalue weighted by Gasteiger charge is -2.24. The van der Waals surface area contributed by atoms with E-state index in [4.69, 9.17) is 9.47 Å². The molecule has 1 aliphatic heterocycles. The molecular formula is C14H23N3O2. The number of aromatic nitrogens is 2. The Balaban J connectivity index is 2.19. The van der Waals surface area contributed by atoms with Crippen molar-refractivity contribution in [2.24, 2.45) is 0 Å². The number of ether oxygens (including phenoxy) is 2. The standard InChI is InChI=1S/C14H23N3O2/c1-4-12-16-13(15-5-2)10(3)14(17-12)19-11-6-8-18-9-7-11/h11H,4-9H2,1-3H3,(H,15,16,17). The van der Waals surface area contributed by atoms with Gasteiger partial charge in [0.25, 0.3) is 0 Å². The average Bonchev–Trinajstić information content (AvgIpc) is 2.44. The number of nitrogens with one attached hydrogen (secondary N) is 1. The Labute approximate surface area is 114 Å². The minimum Gasteiger partial charge on any atom is -0.474 e. The van der Waals surface area contributed by atoms with Crippen molar-refractivity contribution in [3.63, 3.8) is 0 Å². The van der Waals surface area contributed by atoms with Gasteiger partial charge in [0, 0.05) is 25.8 Å². The van der Waals surface area contributed by atoms with Gasteiger partial charge in [0.05, 0.1) is 18.8 Å². The molecule has 1 aromatic heterocycles. The van der Waals surface area contributed by atoms with Gasteiger partial charge in [-0.25, -0.2) is 4.98 Å². The largest absolute Gasteiger partial charge is 0.474 e. The van der Waals surface area contributed by atoms with Crippen molar-refractivity contribution in [2.45, 2.75) is 46.1 Å². The summed E-state index contributed by atoms with van der Waals surface area (Å²) in [5.41, 5.74) is 0.991. The zero-order valence-corrected chi connectivity index (χ0v) is 12.0. The molecule has 0 aromatic carbocycles. The van der Waals surface area contributed by atoms with Gasteiger partial charge in [-0.3, -0.25) is 0 Å². The van der Waals surface area contributed by atoms with Crippen LogP contribution in [0.15, 0.2) is 0 Å². The monoisotopic (exact) mass is 265 g/mol. The second-order valence-electron chi connectivity index (χ2n) is 4.73. The molecular weight excluding hydrogens is 242 g/mol. The van der Waals surface area contributed by atoms with Crippen LogP contribution in [0, 0.1) is 6.92 Å². The molecule has 19 heavy (non-hydrogen) atoms. The van der Waals surface area contributed by atoms with Gasteiger partial charge in [-0.2, -0.15) is 4.98 Å². The van der Waals surface area contributed by atoms with E-state index in [1.54, 1.807) is 0 Å². The van der Waals surface area contributed by atoms with Crippen LogP contribution in [0.4, 0.5) is 5.82 Å². The third-order valence-corrected chi connectivity index (χ3v) is 3.25. The average molecular weight is 265 g/mol. The summed E-state index contributed by atoms with van der Waals surface area (Å²) in [5, 5.41) is 3.27. The maximum atomic E-state index is 6.04. The first-order chi connectivity index (χ1) is 9.24. The van der Waals surface area contributed by atoms with E-state index in [1.165, 1.54) is 0 Å². The van der Waals surface area contributed by atoms with Crippen molar-refractivity contribution in [1.82, 2.24) is 9.97 Å². The van der Waals surface area contributed by atoms with E-state index in [0.717, 1.165) is 62.1 Å². The van der Waals surface area contributed by atoms with Gasteiger partial charge in [0.2, 0.25) is 5.88 Å². The number of nitrogens with zero attached hydrogens (tertiary/aromatic N) is 2. The predicted octanol–water partition coefficient (Wildman–Crippen LogP) is 2.34. The summed E-state index contributed by atoms with van der Waals surface area (Å²) < 4.78 is 11.4. The molecule has 1 aromatic rings. The molecule has 5 heteroatoms. The molecule has 0 atom stereocenters. The second-order valence-corrected chi connectivity index (χ2v) is 4.73. The fourth-order valence-electron chi connectivity index (χ4n) is 2.10. The molecule has 0 bridgehead atoms. The zero-order chi connectivity index (χ0) is 13.7. The normalized spacial score (nSPS) is 16.4. The van der Waals surface area contributed by atoms with E-state index in [2.05, 4.69) is 29.1 Å². The van der Waals surface area contributed by atoms with Crippen molar-refractivity contribution in [3.8, 4) is 5.88 Å². The van der Waals surface area contributed by atoms with Gasteiger partial charge in [0.1, 0.15) is 17.7 Å². The van der Waals surface area contributed by atoms with Crippen molar-refractivity contribution >= 4 is 5.82 Å². The highest BCUT2D eigenvalue weighted by atomic mass is 16.5. The maximum Gasteiger partial charge on any atom is 0.222 e. The van der Waals surface area contributed by atoms with Crippen molar-refractivity contribution < 1.29 is 9.47 Å². The molecule has 106 valence electrons. The fraction of sp³-hybridized carbons (Fsp3) is 0.714. The first-order valence-corrected chi connectivity index (χ1v) is 7.10. The van der Waals surface area contributed by atoms with E-state index < -0.39 is 0 Å². The summed E-state index contributed by atoms with van der Waals surface area (Å²) in [6, 6.07) is 0. The smallest absolute Gasteiger partial charge is 0.222 e. The van der Waals surface area contributed by atoms with Crippen molar-refractivity contribution in [1.29, 1.82) is 0 Å². The maximum absolute atomic E-state index is 6.04. The van der Waals surface area contributed by atoms with Crippen LogP contribution in [0.2, 0.25) is 0 Å². The highest BCUT2D eigenvalue weighted by Gasteiger charge is 2.19. The number of anilines is 1. The Kier molecular flexibility index (Phi) is 4.96. The predicted molar refractivity (Wildman–Crippen MR) is 74.8 cm³/mol. The first-order valence-electron chi connectivity index (χ1n) is 7.10.